The lowest BCUT2D eigenvalue weighted by Crippen LogP contribution is -2.50. The molecule has 0 aromatic carbocycles. The first-order valence-corrected chi connectivity index (χ1v) is 5.41. The van der Waals surface area contributed by atoms with Crippen LogP contribution < -0.4 is 4.90 Å². The summed E-state index contributed by atoms with van der Waals surface area (Å²) >= 11 is 0. The molecule has 0 spiro atoms. The third-order valence-electron chi connectivity index (χ3n) is 2.78. The summed E-state index contributed by atoms with van der Waals surface area (Å²) in [5, 5.41) is 20.1. The number of carboxylic acid groups (broad SMARTS) is 1. The average Bonchev–Trinajstić information content (AvgIpc) is 2.29. The maximum absolute atomic E-state index is 11.2. The molecule has 7 heteroatoms. The van der Waals surface area contributed by atoms with Gasteiger partial charge in [-0.05, 0) is 26.8 Å². The third kappa shape index (κ3) is 2.39. The molecule has 0 aliphatic heterocycles. The van der Waals surface area contributed by atoms with E-state index in [1.807, 2.05) is 0 Å². The number of carboxylic acids is 1. The van der Waals surface area contributed by atoms with Crippen LogP contribution in [0.4, 0.5) is 11.4 Å². The van der Waals surface area contributed by atoms with Crippen LogP contribution in [-0.4, -0.2) is 33.1 Å². The molecule has 18 heavy (non-hydrogen) atoms. The zero-order valence-corrected chi connectivity index (χ0v) is 10.5. The number of aromatic nitrogens is 1. The maximum atomic E-state index is 11.2. The smallest absolute Gasteiger partial charge is 0.328 e. The van der Waals surface area contributed by atoms with Crippen LogP contribution >= 0.6 is 0 Å². The highest BCUT2D eigenvalue weighted by molar-refractivity contribution is 5.84. The minimum absolute atomic E-state index is 0.200. The van der Waals surface area contributed by atoms with E-state index in [0.717, 1.165) is 6.20 Å². The Morgan fingerprint density at radius 3 is 2.67 bits per heavy atom. The van der Waals surface area contributed by atoms with Crippen molar-refractivity contribution < 1.29 is 14.8 Å². The van der Waals surface area contributed by atoms with E-state index in [9.17, 15) is 20.0 Å². The fraction of sp³-hybridized carbons (Fsp3) is 0.455. The van der Waals surface area contributed by atoms with E-state index in [0.29, 0.717) is 6.54 Å². The molecule has 0 saturated carbocycles. The van der Waals surface area contributed by atoms with Gasteiger partial charge in [0.1, 0.15) is 17.4 Å². The van der Waals surface area contributed by atoms with Crippen LogP contribution in [0.5, 0.6) is 0 Å². The number of aliphatic carboxylic acids is 1. The first-order chi connectivity index (χ1) is 8.32. The second kappa shape index (κ2) is 4.99. The minimum atomic E-state index is -1.24. The number of hydrogen-bond donors (Lipinski definition) is 1. The normalized spacial score (nSPS) is 11.1. The van der Waals surface area contributed by atoms with Gasteiger partial charge in [-0.25, -0.2) is 4.79 Å². The first-order valence-electron chi connectivity index (χ1n) is 5.41. The van der Waals surface area contributed by atoms with E-state index < -0.39 is 16.4 Å². The lowest BCUT2D eigenvalue weighted by molar-refractivity contribution is -0.384. The van der Waals surface area contributed by atoms with Gasteiger partial charge in [0.05, 0.1) is 4.92 Å². The largest absolute Gasteiger partial charge is 0.480 e. The topological polar surface area (TPSA) is 96.6 Å². The van der Waals surface area contributed by atoms with Crippen LogP contribution in [0.15, 0.2) is 18.5 Å². The van der Waals surface area contributed by atoms with E-state index in [1.165, 1.54) is 31.0 Å². The highest BCUT2D eigenvalue weighted by Crippen LogP contribution is 2.31. The summed E-state index contributed by atoms with van der Waals surface area (Å²) in [5.41, 5.74) is -1.18. The highest BCUT2D eigenvalue weighted by atomic mass is 16.6. The summed E-state index contributed by atoms with van der Waals surface area (Å²) in [6.45, 7) is 5.09. The first kappa shape index (κ1) is 13.9. The predicted molar refractivity (Wildman–Crippen MR) is 65.6 cm³/mol. The molecular formula is C11H15N3O4. The molecule has 0 unspecified atom stereocenters. The third-order valence-corrected chi connectivity index (χ3v) is 2.78. The van der Waals surface area contributed by atoms with Crippen LogP contribution in [0.2, 0.25) is 0 Å². The Morgan fingerprint density at radius 1 is 1.61 bits per heavy atom. The quantitative estimate of drug-likeness (QED) is 0.633. The van der Waals surface area contributed by atoms with Crippen molar-refractivity contribution in [2.45, 2.75) is 26.3 Å². The zero-order valence-electron chi connectivity index (χ0n) is 10.5. The number of pyridine rings is 1. The number of rotatable bonds is 5. The number of hydrogen-bond acceptors (Lipinski definition) is 5. The van der Waals surface area contributed by atoms with Crippen LogP contribution in [0.3, 0.4) is 0 Å². The van der Waals surface area contributed by atoms with E-state index in [2.05, 4.69) is 4.98 Å². The van der Waals surface area contributed by atoms with E-state index in [4.69, 9.17) is 0 Å². The molecule has 0 radical (unpaired) electrons. The summed E-state index contributed by atoms with van der Waals surface area (Å²) in [6.07, 6.45) is 2.53. The van der Waals surface area contributed by atoms with Gasteiger partial charge in [0.2, 0.25) is 0 Å². The number of nitrogens with zero attached hydrogens (tertiary/aromatic N) is 3. The van der Waals surface area contributed by atoms with Crippen LogP contribution in [-0.2, 0) is 4.79 Å². The molecule has 7 nitrogen and oxygen atoms in total. The van der Waals surface area contributed by atoms with E-state index in [1.54, 1.807) is 6.92 Å². The Morgan fingerprint density at radius 2 is 2.22 bits per heavy atom. The molecule has 1 heterocycles. The Balaban J connectivity index is 3.34. The zero-order chi connectivity index (χ0) is 13.9. The molecule has 1 aromatic heterocycles. The Hall–Kier alpha value is -2.18. The molecule has 1 rings (SSSR count). The number of anilines is 1. The molecule has 0 amide bonds. The van der Waals surface area contributed by atoms with Crippen LogP contribution in [0, 0.1) is 10.1 Å². The van der Waals surface area contributed by atoms with Crippen molar-refractivity contribution in [2.24, 2.45) is 0 Å². The van der Waals surface area contributed by atoms with Crippen molar-refractivity contribution in [2.75, 3.05) is 11.4 Å². The second-order valence-corrected chi connectivity index (χ2v) is 4.23. The second-order valence-electron chi connectivity index (χ2n) is 4.23. The Kier molecular flexibility index (Phi) is 3.85. The molecular weight excluding hydrogens is 238 g/mol. The van der Waals surface area contributed by atoms with Crippen LogP contribution in [0.1, 0.15) is 20.8 Å². The summed E-state index contributed by atoms with van der Waals surface area (Å²) in [7, 11) is 0. The fourth-order valence-corrected chi connectivity index (χ4v) is 1.73. The monoisotopic (exact) mass is 253 g/mol. The van der Waals surface area contributed by atoms with Crippen molar-refractivity contribution >= 4 is 17.3 Å². The SMILES string of the molecule is CCN(c1ccncc1[N+](=O)[O-])C(C)(C)C(=O)O. The van der Waals surface area contributed by atoms with Gasteiger partial charge in [-0.15, -0.1) is 0 Å². The fourth-order valence-electron chi connectivity index (χ4n) is 1.73. The summed E-state index contributed by atoms with van der Waals surface area (Å²) in [4.78, 5) is 26.8. The van der Waals surface area contributed by atoms with Gasteiger partial charge in [-0.3, -0.25) is 15.1 Å². The summed E-state index contributed by atoms with van der Waals surface area (Å²) in [5.74, 6) is -1.05. The summed E-state index contributed by atoms with van der Waals surface area (Å²) < 4.78 is 0. The molecule has 0 atom stereocenters. The van der Waals surface area contributed by atoms with Gasteiger partial charge in [-0.2, -0.15) is 0 Å². The molecule has 0 saturated heterocycles. The van der Waals surface area contributed by atoms with E-state index in [-0.39, 0.29) is 11.4 Å². The number of nitro groups is 1. The van der Waals surface area contributed by atoms with Gasteiger partial charge in [-0.1, -0.05) is 0 Å². The lowest BCUT2D eigenvalue weighted by Gasteiger charge is -2.35. The highest BCUT2D eigenvalue weighted by Gasteiger charge is 2.36. The molecule has 98 valence electrons. The molecule has 1 N–H and O–H groups in total. The standard InChI is InChI=1S/C11H15N3O4/c1-4-13(11(2,3)10(15)16)8-5-6-12-7-9(8)14(17)18/h5-7H,4H2,1-3H3,(H,15,16). The predicted octanol–water partition coefficient (Wildman–Crippen LogP) is 1.68. The van der Waals surface area contributed by atoms with Gasteiger partial charge in [0, 0.05) is 12.7 Å². The summed E-state index contributed by atoms with van der Waals surface area (Å²) in [6, 6.07) is 1.45. The van der Waals surface area contributed by atoms with Gasteiger partial charge < -0.3 is 10.0 Å². The average molecular weight is 253 g/mol. The molecule has 0 fully saturated rings. The Labute approximate surface area is 104 Å². The lowest BCUT2D eigenvalue weighted by atomic mass is 10.0. The number of carbonyl (C=O) groups is 1. The molecule has 0 aliphatic carbocycles. The molecule has 0 aliphatic rings. The van der Waals surface area contributed by atoms with Gasteiger partial charge >= 0.3 is 11.7 Å². The Bertz CT molecular complexity index is 473. The van der Waals surface area contributed by atoms with Crippen molar-refractivity contribution in [1.82, 2.24) is 4.98 Å². The molecule has 0 bridgehead atoms. The van der Waals surface area contributed by atoms with Crippen molar-refractivity contribution in [3.63, 3.8) is 0 Å². The number of likely N-dealkylation sites (N-methyl/N-ethyl adjacent to an activating group) is 1. The van der Waals surface area contributed by atoms with Crippen molar-refractivity contribution in [3.05, 3.63) is 28.6 Å². The van der Waals surface area contributed by atoms with Gasteiger partial charge in [0.25, 0.3) is 0 Å². The van der Waals surface area contributed by atoms with Gasteiger partial charge in [0.15, 0.2) is 0 Å². The van der Waals surface area contributed by atoms with Crippen molar-refractivity contribution in [1.29, 1.82) is 0 Å². The maximum Gasteiger partial charge on any atom is 0.328 e. The molecule has 1 aromatic rings. The van der Waals surface area contributed by atoms with Crippen LogP contribution in [0.25, 0.3) is 0 Å². The minimum Gasteiger partial charge on any atom is -0.480 e. The van der Waals surface area contributed by atoms with E-state index >= 15 is 0 Å². The van der Waals surface area contributed by atoms with Crippen molar-refractivity contribution in [3.8, 4) is 0 Å².